The van der Waals surface area contributed by atoms with Crippen LogP contribution in [0.2, 0.25) is 5.02 Å². The van der Waals surface area contributed by atoms with Gasteiger partial charge in [0.15, 0.2) is 0 Å². The number of aliphatic carboxylic acids is 1. The molecule has 2 heterocycles. The first-order valence-electron chi connectivity index (χ1n) is 19.2. The van der Waals surface area contributed by atoms with E-state index in [2.05, 4.69) is 47.2 Å². The summed E-state index contributed by atoms with van der Waals surface area (Å²) in [6.45, 7) is 6.96. The number of carboxylic acids is 1. The first-order chi connectivity index (χ1) is 25.2. The van der Waals surface area contributed by atoms with Gasteiger partial charge in [-0.05, 0) is 141 Å². The Morgan fingerprint density at radius 3 is 2.62 bits per heavy atom. The standard InChI is InChI=1S/C44H50ClN3O4/c1-29(28-51-40-16-21-46-39-13-6-8-30(2)41(39)40)22-32-23-31-14-15-35(48-26-37(27-48)52-36-11-4-3-5-12-36)25-38(31)43(32)17-19-44(20-18-43,42(49)50)47-34-10-7-9-33(45)24-34/h3-5,7,9-12,14-16,21,24-25,29-30,32,37,47H,6,8,13,17-20,22-23,26-28H2,1-2H3,(H,49,50)/t29-,30-,32-,43?,44?/m1/s1. The lowest BCUT2D eigenvalue weighted by Gasteiger charge is -2.48. The molecule has 1 aromatic heterocycles. The average molecular weight is 720 g/mol. The van der Waals surface area contributed by atoms with Crippen molar-refractivity contribution in [3.8, 4) is 11.5 Å². The van der Waals surface area contributed by atoms with Crippen LogP contribution in [0.1, 0.15) is 87.1 Å². The van der Waals surface area contributed by atoms with Crippen molar-refractivity contribution in [3.63, 3.8) is 0 Å². The van der Waals surface area contributed by atoms with Crippen LogP contribution in [0.4, 0.5) is 11.4 Å². The molecule has 1 saturated heterocycles. The number of carboxylic acid groups (broad SMARTS) is 1. The topological polar surface area (TPSA) is 83.9 Å². The molecule has 1 spiro atoms. The highest BCUT2D eigenvalue weighted by Gasteiger charge is 2.54. The van der Waals surface area contributed by atoms with Crippen LogP contribution in [0.3, 0.4) is 0 Å². The number of nitrogens with zero attached hydrogens (tertiary/aromatic N) is 2. The number of pyridine rings is 1. The quantitative estimate of drug-likeness (QED) is 0.160. The highest BCUT2D eigenvalue weighted by Crippen LogP contribution is 2.57. The molecule has 0 amide bonds. The zero-order valence-corrected chi connectivity index (χ0v) is 31.1. The van der Waals surface area contributed by atoms with Crippen molar-refractivity contribution in [1.29, 1.82) is 0 Å². The highest BCUT2D eigenvalue weighted by atomic mass is 35.5. The first kappa shape index (κ1) is 34.8. The van der Waals surface area contributed by atoms with Crippen LogP contribution in [0.15, 0.2) is 85.1 Å². The molecule has 0 radical (unpaired) electrons. The fourth-order valence-corrected chi connectivity index (χ4v) is 9.89. The third kappa shape index (κ3) is 6.73. The Kier molecular flexibility index (Phi) is 9.58. The minimum Gasteiger partial charge on any atom is -0.493 e. The molecule has 52 heavy (non-hydrogen) atoms. The van der Waals surface area contributed by atoms with E-state index in [1.54, 1.807) is 0 Å². The van der Waals surface area contributed by atoms with E-state index in [0.717, 1.165) is 62.4 Å². The largest absolute Gasteiger partial charge is 0.493 e. The number of benzene rings is 3. The minimum atomic E-state index is -1.05. The minimum absolute atomic E-state index is 0.107. The summed E-state index contributed by atoms with van der Waals surface area (Å²) in [5.41, 5.74) is 6.13. The van der Waals surface area contributed by atoms with Crippen molar-refractivity contribution in [1.82, 2.24) is 4.98 Å². The smallest absolute Gasteiger partial charge is 0.329 e. The molecule has 3 aliphatic carbocycles. The fourth-order valence-electron chi connectivity index (χ4n) is 9.70. The fraction of sp³-hybridized carbons (Fsp3) is 0.455. The van der Waals surface area contributed by atoms with Crippen molar-refractivity contribution in [2.24, 2.45) is 11.8 Å². The Bertz CT molecular complexity index is 1900. The van der Waals surface area contributed by atoms with Crippen molar-refractivity contribution >= 4 is 28.9 Å². The Balaban J connectivity index is 1.03. The second-order valence-electron chi connectivity index (χ2n) is 16.0. The maximum Gasteiger partial charge on any atom is 0.329 e. The summed E-state index contributed by atoms with van der Waals surface area (Å²) in [4.78, 5) is 20.1. The van der Waals surface area contributed by atoms with Gasteiger partial charge in [0, 0.05) is 33.9 Å². The van der Waals surface area contributed by atoms with Crippen molar-refractivity contribution < 1.29 is 19.4 Å². The van der Waals surface area contributed by atoms with Crippen molar-refractivity contribution in [2.45, 2.75) is 94.6 Å². The summed E-state index contributed by atoms with van der Waals surface area (Å²) in [7, 11) is 0. The monoisotopic (exact) mass is 719 g/mol. The van der Waals surface area contributed by atoms with Gasteiger partial charge in [-0.2, -0.15) is 0 Å². The number of anilines is 2. The zero-order valence-electron chi connectivity index (χ0n) is 30.3. The number of ether oxygens (including phenoxy) is 2. The average Bonchev–Trinajstić information content (AvgIpc) is 3.41. The Hall–Kier alpha value is -4.23. The van der Waals surface area contributed by atoms with Crippen LogP contribution in [-0.2, 0) is 23.1 Å². The highest BCUT2D eigenvalue weighted by molar-refractivity contribution is 6.30. The van der Waals surface area contributed by atoms with Crippen LogP contribution in [0.25, 0.3) is 0 Å². The van der Waals surface area contributed by atoms with Gasteiger partial charge in [0.1, 0.15) is 23.1 Å². The molecule has 4 aromatic rings. The number of rotatable bonds is 11. The molecule has 8 heteroatoms. The van der Waals surface area contributed by atoms with Gasteiger partial charge in [-0.15, -0.1) is 0 Å². The number of hydrogen-bond acceptors (Lipinski definition) is 6. The predicted molar refractivity (Wildman–Crippen MR) is 207 cm³/mol. The Morgan fingerprint density at radius 1 is 1.04 bits per heavy atom. The van der Waals surface area contributed by atoms with Gasteiger partial charge < -0.3 is 24.8 Å². The van der Waals surface area contributed by atoms with Gasteiger partial charge in [0.05, 0.1) is 19.7 Å². The lowest BCUT2D eigenvalue weighted by molar-refractivity contribution is -0.144. The zero-order chi connectivity index (χ0) is 35.9. The summed E-state index contributed by atoms with van der Waals surface area (Å²) in [6, 6.07) is 26.6. The molecule has 3 atom stereocenters. The van der Waals surface area contributed by atoms with Crippen LogP contribution < -0.4 is 19.7 Å². The van der Waals surface area contributed by atoms with E-state index < -0.39 is 11.5 Å². The number of carbonyl (C=O) groups is 1. The van der Waals surface area contributed by atoms with Gasteiger partial charge >= 0.3 is 5.97 Å². The van der Waals surface area contributed by atoms with Crippen molar-refractivity contribution in [2.75, 3.05) is 29.9 Å². The second kappa shape index (κ2) is 14.3. The van der Waals surface area contributed by atoms with E-state index in [0.29, 0.717) is 42.2 Å². The molecule has 7 nitrogen and oxygen atoms in total. The normalized spacial score (nSPS) is 25.9. The number of nitrogens with one attached hydrogen (secondary N) is 1. The molecule has 0 unspecified atom stereocenters. The number of para-hydroxylation sites is 1. The van der Waals surface area contributed by atoms with Crippen LogP contribution in [-0.4, -0.2) is 47.4 Å². The van der Waals surface area contributed by atoms with E-state index >= 15 is 0 Å². The SMILES string of the molecule is C[C@@H](COc1ccnc2c1[C@H](C)CCC2)C[C@@H]1Cc2ccc(N3CC(Oc4ccccc4)C3)cc2C12CCC(Nc1cccc(Cl)c1)(C(=O)O)CC2. The summed E-state index contributed by atoms with van der Waals surface area (Å²) in [5.74, 6) is 2.31. The van der Waals surface area contributed by atoms with Crippen LogP contribution >= 0.6 is 11.6 Å². The molecule has 1 aliphatic heterocycles. The van der Waals surface area contributed by atoms with Gasteiger partial charge in [-0.25, -0.2) is 4.79 Å². The molecule has 3 aromatic carbocycles. The van der Waals surface area contributed by atoms with Gasteiger partial charge in [0.25, 0.3) is 0 Å². The Labute approximate surface area is 312 Å². The maximum atomic E-state index is 13.0. The summed E-state index contributed by atoms with van der Waals surface area (Å²) in [6.07, 6.45) is 10.2. The van der Waals surface area contributed by atoms with E-state index in [9.17, 15) is 9.90 Å². The lowest BCUT2D eigenvalue weighted by Crippen LogP contribution is -2.54. The molecule has 2 N–H and O–H groups in total. The summed E-state index contributed by atoms with van der Waals surface area (Å²) in [5, 5.41) is 14.7. The summed E-state index contributed by atoms with van der Waals surface area (Å²) >= 11 is 6.31. The summed E-state index contributed by atoms with van der Waals surface area (Å²) < 4.78 is 12.8. The molecule has 0 bridgehead atoms. The van der Waals surface area contributed by atoms with Crippen molar-refractivity contribution in [3.05, 3.63) is 112 Å². The van der Waals surface area contributed by atoms with E-state index in [1.807, 2.05) is 66.9 Å². The number of halogens is 1. The molecule has 272 valence electrons. The molecule has 2 fully saturated rings. The molecular weight excluding hydrogens is 670 g/mol. The van der Waals surface area contributed by atoms with Crippen LogP contribution in [0, 0.1) is 11.8 Å². The maximum absolute atomic E-state index is 13.0. The predicted octanol–water partition coefficient (Wildman–Crippen LogP) is 9.47. The number of hydrogen-bond donors (Lipinski definition) is 2. The molecule has 8 rings (SSSR count). The van der Waals surface area contributed by atoms with Gasteiger partial charge in [-0.3, -0.25) is 4.98 Å². The van der Waals surface area contributed by atoms with Gasteiger partial charge in [-0.1, -0.05) is 55.8 Å². The third-order valence-electron chi connectivity index (χ3n) is 12.5. The number of fused-ring (bicyclic) bond motifs is 3. The molecular formula is C44H50ClN3O4. The van der Waals surface area contributed by atoms with E-state index in [4.69, 9.17) is 21.1 Å². The molecule has 1 saturated carbocycles. The van der Waals surface area contributed by atoms with E-state index in [-0.39, 0.29) is 11.5 Å². The van der Waals surface area contributed by atoms with Crippen LogP contribution in [0.5, 0.6) is 11.5 Å². The Morgan fingerprint density at radius 2 is 1.85 bits per heavy atom. The second-order valence-corrected chi connectivity index (χ2v) is 16.4. The third-order valence-corrected chi connectivity index (χ3v) is 12.8. The first-order valence-corrected chi connectivity index (χ1v) is 19.6. The molecule has 4 aliphatic rings. The van der Waals surface area contributed by atoms with Gasteiger partial charge in [0.2, 0.25) is 0 Å². The number of aryl methyl sites for hydroxylation is 1. The van der Waals surface area contributed by atoms with E-state index in [1.165, 1.54) is 40.9 Å². The lowest BCUT2D eigenvalue weighted by atomic mass is 9.59. The number of aromatic nitrogens is 1.